The van der Waals surface area contributed by atoms with Gasteiger partial charge in [-0.25, -0.2) is 4.39 Å². The lowest BCUT2D eigenvalue weighted by Gasteiger charge is -2.21. The molecular weight excluding hydrogens is 217 g/mol. The third-order valence-corrected chi connectivity index (χ3v) is 2.65. The zero-order valence-electron chi connectivity index (χ0n) is 9.60. The molecule has 0 amide bonds. The summed E-state index contributed by atoms with van der Waals surface area (Å²) in [4.78, 5) is 5.92. The van der Waals surface area contributed by atoms with Gasteiger partial charge in [-0.05, 0) is 24.3 Å². The first kappa shape index (κ1) is 11.5. The van der Waals surface area contributed by atoms with Crippen molar-refractivity contribution in [2.75, 3.05) is 11.9 Å². The molecule has 1 aromatic heterocycles. The number of rotatable bonds is 3. The molecule has 0 fully saturated rings. The molecule has 0 aliphatic rings. The molecule has 0 saturated heterocycles. The van der Waals surface area contributed by atoms with E-state index in [1.165, 1.54) is 12.1 Å². The number of aromatic nitrogens is 1. The Bertz CT molecular complexity index is 514. The Morgan fingerprint density at radius 2 is 2.18 bits per heavy atom. The van der Waals surface area contributed by atoms with Gasteiger partial charge in [0.25, 0.3) is 0 Å². The van der Waals surface area contributed by atoms with Gasteiger partial charge in [-0.15, -0.1) is 0 Å². The monoisotopic (exact) mass is 231 g/mol. The molecule has 0 unspecified atom stereocenters. The number of benzene rings is 1. The van der Waals surface area contributed by atoms with Crippen LogP contribution in [0.3, 0.4) is 0 Å². The summed E-state index contributed by atoms with van der Waals surface area (Å²) >= 11 is 0. The van der Waals surface area contributed by atoms with E-state index in [2.05, 4.69) is 4.98 Å². The van der Waals surface area contributed by atoms with E-state index < -0.39 is 0 Å². The summed E-state index contributed by atoms with van der Waals surface area (Å²) in [7, 11) is 1.88. The maximum atomic E-state index is 13.2. The van der Waals surface area contributed by atoms with Crippen LogP contribution in [0.1, 0.15) is 5.56 Å². The molecule has 0 aliphatic heterocycles. The van der Waals surface area contributed by atoms with Crippen molar-refractivity contribution in [3.8, 4) is 0 Å². The molecule has 3 nitrogen and oxygen atoms in total. The quantitative estimate of drug-likeness (QED) is 0.882. The number of nitrogens with two attached hydrogens (primary N) is 1. The molecule has 1 aromatic carbocycles. The number of pyridine rings is 1. The Labute approximate surface area is 99.7 Å². The third-order valence-electron chi connectivity index (χ3n) is 2.65. The zero-order valence-corrected chi connectivity index (χ0v) is 9.60. The third kappa shape index (κ3) is 2.42. The smallest absolute Gasteiger partial charge is 0.125 e. The SMILES string of the molecule is CN(c1cccc(F)c1)c1ccncc1CN. The number of halogens is 1. The second kappa shape index (κ2) is 4.93. The fraction of sp³-hybridized carbons (Fsp3) is 0.154. The summed E-state index contributed by atoms with van der Waals surface area (Å²) < 4.78 is 13.2. The highest BCUT2D eigenvalue weighted by atomic mass is 19.1. The van der Waals surface area contributed by atoms with E-state index in [9.17, 15) is 4.39 Å². The summed E-state index contributed by atoms with van der Waals surface area (Å²) in [6, 6.07) is 8.32. The summed E-state index contributed by atoms with van der Waals surface area (Å²) in [6.45, 7) is 0.406. The molecule has 17 heavy (non-hydrogen) atoms. The standard InChI is InChI=1S/C13H14FN3/c1-17(12-4-2-3-11(14)7-12)13-5-6-16-9-10(13)8-15/h2-7,9H,8,15H2,1H3. The lowest BCUT2D eigenvalue weighted by Crippen LogP contribution is -2.13. The number of hydrogen-bond donors (Lipinski definition) is 1. The van der Waals surface area contributed by atoms with Crippen molar-refractivity contribution < 1.29 is 4.39 Å². The fourth-order valence-electron chi connectivity index (χ4n) is 1.73. The van der Waals surface area contributed by atoms with Gasteiger partial charge >= 0.3 is 0 Å². The van der Waals surface area contributed by atoms with Crippen molar-refractivity contribution in [3.63, 3.8) is 0 Å². The molecule has 88 valence electrons. The minimum absolute atomic E-state index is 0.252. The van der Waals surface area contributed by atoms with Crippen molar-refractivity contribution >= 4 is 11.4 Å². The largest absolute Gasteiger partial charge is 0.344 e. The van der Waals surface area contributed by atoms with Crippen LogP contribution in [-0.2, 0) is 6.54 Å². The minimum atomic E-state index is -0.252. The first-order valence-corrected chi connectivity index (χ1v) is 5.34. The summed E-state index contributed by atoms with van der Waals surface area (Å²) in [5.41, 5.74) is 8.31. The van der Waals surface area contributed by atoms with E-state index >= 15 is 0 Å². The first-order chi connectivity index (χ1) is 8.22. The molecule has 2 N–H and O–H groups in total. The van der Waals surface area contributed by atoms with Crippen LogP contribution in [0.25, 0.3) is 0 Å². The minimum Gasteiger partial charge on any atom is -0.344 e. The van der Waals surface area contributed by atoms with Crippen LogP contribution in [0.5, 0.6) is 0 Å². The molecule has 0 bridgehead atoms. The molecule has 4 heteroatoms. The Morgan fingerprint density at radius 1 is 1.35 bits per heavy atom. The van der Waals surface area contributed by atoms with Crippen molar-refractivity contribution in [1.29, 1.82) is 0 Å². The van der Waals surface area contributed by atoms with Gasteiger partial charge < -0.3 is 10.6 Å². The molecule has 0 spiro atoms. The fourth-order valence-corrected chi connectivity index (χ4v) is 1.73. The topological polar surface area (TPSA) is 42.2 Å². The van der Waals surface area contributed by atoms with Gasteiger partial charge in [0.05, 0.1) is 0 Å². The Hall–Kier alpha value is -1.94. The summed E-state index contributed by atoms with van der Waals surface area (Å²) in [5, 5.41) is 0. The highest BCUT2D eigenvalue weighted by Crippen LogP contribution is 2.26. The van der Waals surface area contributed by atoms with Gasteiger partial charge in [0.2, 0.25) is 0 Å². The predicted octanol–water partition coefficient (Wildman–Crippen LogP) is 2.45. The molecule has 2 aromatic rings. The normalized spacial score (nSPS) is 10.3. The molecule has 0 atom stereocenters. The van der Waals surface area contributed by atoms with Gasteiger partial charge in [0.15, 0.2) is 0 Å². The Morgan fingerprint density at radius 3 is 2.88 bits per heavy atom. The summed E-state index contributed by atoms with van der Waals surface area (Å²) in [6.07, 6.45) is 3.43. The second-order valence-corrected chi connectivity index (χ2v) is 3.75. The van der Waals surface area contributed by atoms with E-state index in [-0.39, 0.29) is 5.82 Å². The van der Waals surface area contributed by atoms with Crippen LogP contribution in [0, 0.1) is 5.82 Å². The zero-order chi connectivity index (χ0) is 12.3. The second-order valence-electron chi connectivity index (χ2n) is 3.75. The van der Waals surface area contributed by atoms with Crippen LogP contribution < -0.4 is 10.6 Å². The number of anilines is 2. The number of nitrogens with zero attached hydrogens (tertiary/aromatic N) is 2. The van der Waals surface area contributed by atoms with E-state index in [1.807, 2.05) is 24.1 Å². The average molecular weight is 231 g/mol. The van der Waals surface area contributed by atoms with Gasteiger partial charge in [-0.2, -0.15) is 0 Å². The van der Waals surface area contributed by atoms with Gasteiger partial charge in [-0.3, -0.25) is 4.98 Å². The van der Waals surface area contributed by atoms with Crippen LogP contribution >= 0.6 is 0 Å². The highest BCUT2D eigenvalue weighted by Gasteiger charge is 2.08. The van der Waals surface area contributed by atoms with Gasteiger partial charge in [0.1, 0.15) is 5.82 Å². The predicted molar refractivity (Wildman–Crippen MR) is 66.6 cm³/mol. The Balaban J connectivity index is 2.40. The lowest BCUT2D eigenvalue weighted by molar-refractivity contribution is 0.628. The van der Waals surface area contributed by atoms with Crippen LogP contribution in [0.15, 0.2) is 42.7 Å². The molecule has 2 rings (SSSR count). The molecule has 0 radical (unpaired) electrons. The van der Waals surface area contributed by atoms with Crippen LogP contribution in [-0.4, -0.2) is 12.0 Å². The molecular formula is C13H14FN3. The maximum Gasteiger partial charge on any atom is 0.125 e. The number of hydrogen-bond acceptors (Lipinski definition) is 3. The van der Waals surface area contributed by atoms with Crippen molar-refractivity contribution in [3.05, 3.63) is 54.1 Å². The van der Waals surface area contributed by atoms with Crippen molar-refractivity contribution in [2.24, 2.45) is 5.73 Å². The molecule has 0 aliphatic carbocycles. The van der Waals surface area contributed by atoms with E-state index in [0.29, 0.717) is 6.54 Å². The lowest BCUT2D eigenvalue weighted by atomic mass is 10.2. The van der Waals surface area contributed by atoms with Crippen molar-refractivity contribution in [2.45, 2.75) is 6.54 Å². The van der Waals surface area contributed by atoms with Crippen molar-refractivity contribution in [1.82, 2.24) is 4.98 Å². The highest BCUT2D eigenvalue weighted by molar-refractivity contribution is 5.65. The maximum absolute atomic E-state index is 13.2. The molecule has 0 saturated carbocycles. The van der Waals surface area contributed by atoms with E-state index in [0.717, 1.165) is 16.9 Å². The van der Waals surface area contributed by atoms with E-state index in [1.54, 1.807) is 18.5 Å². The molecule has 1 heterocycles. The summed E-state index contributed by atoms with van der Waals surface area (Å²) in [5.74, 6) is -0.252. The Kier molecular flexibility index (Phi) is 3.35. The average Bonchev–Trinajstić information content (AvgIpc) is 2.38. The first-order valence-electron chi connectivity index (χ1n) is 5.34. The van der Waals surface area contributed by atoms with Gasteiger partial charge in [0, 0.05) is 42.9 Å². The van der Waals surface area contributed by atoms with Gasteiger partial charge in [-0.1, -0.05) is 6.07 Å². The van der Waals surface area contributed by atoms with Crippen LogP contribution in [0.2, 0.25) is 0 Å². The van der Waals surface area contributed by atoms with Crippen LogP contribution in [0.4, 0.5) is 15.8 Å². The van der Waals surface area contributed by atoms with E-state index in [4.69, 9.17) is 5.73 Å².